The normalized spacial score (nSPS) is 17.8. The molecule has 2 aromatic rings. The van der Waals surface area contributed by atoms with E-state index in [0.717, 1.165) is 30.2 Å². The van der Waals surface area contributed by atoms with Crippen LogP contribution in [0.1, 0.15) is 24.2 Å². The number of hydrogen-bond donors (Lipinski definition) is 2. The average Bonchev–Trinajstić information content (AvgIpc) is 2.76. The van der Waals surface area contributed by atoms with E-state index in [4.69, 9.17) is 0 Å². The predicted octanol–water partition coefficient (Wildman–Crippen LogP) is 2.56. The molecule has 1 unspecified atom stereocenters. The quantitative estimate of drug-likeness (QED) is 0.850. The van der Waals surface area contributed by atoms with Gasteiger partial charge in [-0.2, -0.15) is 5.10 Å². The molecular formula is C14H18N4. The van der Waals surface area contributed by atoms with Gasteiger partial charge in [-0.1, -0.05) is 37.3 Å². The van der Waals surface area contributed by atoms with Gasteiger partial charge in [-0.3, -0.25) is 4.68 Å². The summed E-state index contributed by atoms with van der Waals surface area (Å²) in [4.78, 5) is 0. The molecule has 1 aromatic heterocycles. The molecule has 2 heterocycles. The van der Waals surface area contributed by atoms with E-state index in [1.165, 1.54) is 5.56 Å². The van der Waals surface area contributed by atoms with Crippen molar-refractivity contribution in [3.8, 4) is 0 Å². The van der Waals surface area contributed by atoms with Crippen LogP contribution in [0.25, 0.3) is 0 Å². The van der Waals surface area contributed by atoms with Gasteiger partial charge in [0.1, 0.15) is 11.5 Å². The molecule has 1 aliphatic heterocycles. The van der Waals surface area contributed by atoms with E-state index in [1.807, 2.05) is 17.8 Å². The second kappa shape index (κ2) is 4.37. The first kappa shape index (κ1) is 11.1. The number of aryl methyl sites for hydroxylation is 2. The first-order chi connectivity index (χ1) is 8.79. The monoisotopic (exact) mass is 242 g/mol. The highest BCUT2D eigenvalue weighted by Gasteiger charge is 2.24. The van der Waals surface area contributed by atoms with E-state index in [0.29, 0.717) is 6.04 Å². The van der Waals surface area contributed by atoms with Crippen molar-refractivity contribution < 1.29 is 0 Å². The number of anilines is 2. The van der Waals surface area contributed by atoms with Crippen LogP contribution in [0.4, 0.5) is 11.5 Å². The number of nitrogens with zero attached hydrogens (tertiary/aromatic N) is 2. The fourth-order valence-corrected chi connectivity index (χ4v) is 2.49. The molecule has 0 bridgehead atoms. The SMILES string of the molecule is CCc1nn(C)c2c1NCC(c1ccccc1)N2. The highest BCUT2D eigenvalue weighted by Crippen LogP contribution is 2.33. The molecule has 0 radical (unpaired) electrons. The van der Waals surface area contributed by atoms with Crippen molar-refractivity contribution in [1.29, 1.82) is 0 Å². The van der Waals surface area contributed by atoms with Crippen molar-refractivity contribution >= 4 is 11.5 Å². The van der Waals surface area contributed by atoms with Crippen molar-refractivity contribution in [2.75, 3.05) is 17.2 Å². The zero-order chi connectivity index (χ0) is 12.5. The molecule has 1 atom stereocenters. The summed E-state index contributed by atoms with van der Waals surface area (Å²) in [5.41, 5.74) is 3.59. The van der Waals surface area contributed by atoms with Crippen LogP contribution in [-0.4, -0.2) is 16.3 Å². The molecule has 4 heteroatoms. The lowest BCUT2D eigenvalue weighted by atomic mass is 10.0. The molecular weight excluding hydrogens is 224 g/mol. The van der Waals surface area contributed by atoms with Crippen molar-refractivity contribution in [2.45, 2.75) is 19.4 Å². The molecule has 0 saturated heterocycles. The minimum atomic E-state index is 0.304. The van der Waals surface area contributed by atoms with Crippen LogP contribution in [0.15, 0.2) is 30.3 Å². The Balaban J connectivity index is 1.92. The maximum absolute atomic E-state index is 4.53. The fourth-order valence-electron chi connectivity index (χ4n) is 2.49. The van der Waals surface area contributed by atoms with Gasteiger partial charge in [-0.15, -0.1) is 0 Å². The van der Waals surface area contributed by atoms with Crippen LogP contribution in [0.2, 0.25) is 0 Å². The van der Waals surface area contributed by atoms with Gasteiger partial charge >= 0.3 is 0 Å². The second-order valence-corrected chi connectivity index (χ2v) is 4.64. The molecule has 0 spiro atoms. The maximum atomic E-state index is 4.53. The summed E-state index contributed by atoms with van der Waals surface area (Å²) in [6, 6.07) is 10.8. The summed E-state index contributed by atoms with van der Waals surface area (Å²) in [5.74, 6) is 1.09. The van der Waals surface area contributed by atoms with Gasteiger partial charge in [0.15, 0.2) is 0 Å². The van der Waals surface area contributed by atoms with E-state index in [-0.39, 0.29) is 0 Å². The Hall–Kier alpha value is -1.97. The lowest BCUT2D eigenvalue weighted by molar-refractivity contribution is 0.723. The van der Waals surface area contributed by atoms with E-state index in [1.54, 1.807) is 0 Å². The van der Waals surface area contributed by atoms with Crippen LogP contribution < -0.4 is 10.6 Å². The molecule has 0 fully saturated rings. The van der Waals surface area contributed by atoms with Gasteiger partial charge in [0.05, 0.1) is 11.7 Å². The number of fused-ring (bicyclic) bond motifs is 1. The molecule has 0 amide bonds. The molecule has 18 heavy (non-hydrogen) atoms. The molecule has 0 aliphatic carbocycles. The van der Waals surface area contributed by atoms with Gasteiger partial charge in [-0.25, -0.2) is 0 Å². The van der Waals surface area contributed by atoms with Gasteiger partial charge in [0.2, 0.25) is 0 Å². The van der Waals surface area contributed by atoms with E-state index in [9.17, 15) is 0 Å². The number of rotatable bonds is 2. The predicted molar refractivity (Wildman–Crippen MR) is 73.9 cm³/mol. The summed E-state index contributed by atoms with van der Waals surface area (Å²) in [5, 5.41) is 11.6. The Morgan fingerprint density at radius 1 is 1.33 bits per heavy atom. The molecule has 3 rings (SSSR count). The van der Waals surface area contributed by atoms with E-state index >= 15 is 0 Å². The molecule has 94 valence electrons. The maximum Gasteiger partial charge on any atom is 0.148 e. The zero-order valence-corrected chi connectivity index (χ0v) is 10.8. The Bertz CT molecular complexity index is 544. The first-order valence-electron chi connectivity index (χ1n) is 6.40. The summed E-state index contributed by atoms with van der Waals surface area (Å²) in [7, 11) is 1.99. The molecule has 0 saturated carbocycles. The Labute approximate surface area is 107 Å². The third-order valence-corrected chi connectivity index (χ3v) is 3.45. The highest BCUT2D eigenvalue weighted by atomic mass is 15.3. The topological polar surface area (TPSA) is 41.9 Å². The summed E-state index contributed by atoms with van der Waals surface area (Å²) < 4.78 is 1.93. The minimum Gasteiger partial charge on any atom is -0.378 e. The largest absolute Gasteiger partial charge is 0.378 e. The number of nitrogens with one attached hydrogen (secondary N) is 2. The third-order valence-electron chi connectivity index (χ3n) is 3.45. The van der Waals surface area contributed by atoms with Crippen LogP contribution in [-0.2, 0) is 13.5 Å². The smallest absolute Gasteiger partial charge is 0.148 e. The van der Waals surface area contributed by atoms with Gasteiger partial charge in [0, 0.05) is 13.6 Å². The number of benzene rings is 1. The molecule has 1 aliphatic rings. The van der Waals surface area contributed by atoms with Gasteiger partial charge < -0.3 is 10.6 Å². The van der Waals surface area contributed by atoms with E-state index < -0.39 is 0 Å². The lowest BCUT2D eigenvalue weighted by Gasteiger charge is -2.27. The van der Waals surface area contributed by atoms with Crippen molar-refractivity contribution in [2.24, 2.45) is 7.05 Å². The van der Waals surface area contributed by atoms with Crippen LogP contribution in [0.3, 0.4) is 0 Å². The summed E-state index contributed by atoms with van der Waals surface area (Å²) in [6.45, 7) is 3.03. The van der Waals surface area contributed by atoms with Crippen LogP contribution in [0, 0.1) is 0 Å². The Morgan fingerprint density at radius 2 is 2.11 bits per heavy atom. The number of hydrogen-bond acceptors (Lipinski definition) is 3. The second-order valence-electron chi connectivity index (χ2n) is 4.64. The van der Waals surface area contributed by atoms with E-state index in [2.05, 4.69) is 46.9 Å². The van der Waals surface area contributed by atoms with Gasteiger partial charge in [0.25, 0.3) is 0 Å². The number of aromatic nitrogens is 2. The van der Waals surface area contributed by atoms with Crippen LogP contribution in [0.5, 0.6) is 0 Å². The molecule has 2 N–H and O–H groups in total. The highest BCUT2D eigenvalue weighted by molar-refractivity contribution is 5.71. The van der Waals surface area contributed by atoms with Gasteiger partial charge in [-0.05, 0) is 12.0 Å². The van der Waals surface area contributed by atoms with Crippen molar-refractivity contribution in [1.82, 2.24) is 9.78 Å². The minimum absolute atomic E-state index is 0.304. The Morgan fingerprint density at radius 3 is 2.83 bits per heavy atom. The average molecular weight is 242 g/mol. The summed E-state index contributed by atoms with van der Waals surface area (Å²) >= 11 is 0. The van der Waals surface area contributed by atoms with Crippen LogP contribution >= 0.6 is 0 Å². The lowest BCUT2D eigenvalue weighted by Crippen LogP contribution is -2.26. The zero-order valence-electron chi connectivity index (χ0n) is 10.8. The first-order valence-corrected chi connectivity index (χ1v) is 6.40. The fraction of sp³-hybridized carbons (Fsp3) is 0.357. The standard InChI is InChI=1S/C14H18N4/c1-3-11-13-14(18(2)17-11)16-12(9-15-13)10-7-5-4-6-8-10/h4-8,12,15-16H,3,9H2,1-2H3. The van der Waals surface area contributed by atoms with Crippen molar-refractivity contribution in [3.63, 3.8) is 0 Å². The van der Waals surface area contributed by atoms with Crippen molar-refractivity contribution in [3.05, 3.63) is 41.6 Å². The molecule has 4 nitrogen and oxygen atoms in total. The molecule has 1 aromatic carbocycles. The Kier molecular flexibility index (Phi) is 2.70. The third kappa shape index (κ3) is 1.74. The summed E-state index contributed by atoms with van der Waals surface area (Å²) in [6.07, 6.45) is 0.952.